The van der Waals surface area contributed by atoms with Crippen molar-refractivity contribution >= 4 is 11.9 Å². The monoisotopic (exact) mass is 345 g/mol. The van der Waals surface area contributed by atoms with Gasteiger partial charge in [0.05, 0.1) is 0 Å². The van der Waals surface area contributed by atoms with Crippen molar-refractivity contribution in [2.45, 2.75) is 63.1 Å². The van der Waals surface area contributed by atoms with Gasteiger partial charge in [-0.15, -0.1) is 0 Å². The van der Waals surface area contributed by atoms with Crippen LogP contribution in [0, 0.1) is 0 Å². The van der Waals surface area contributed by atoms with Crippen LogP contribution in [0.15, 0.2) is 30.3 Å². The molecule has 1 aromatic carbocycles. The summed E-state index contributed by atoms with van der Waals surface area (Å²) in [5.41, 5.74) is 0.821. The number of rotatable bonds is 5. The minimum Gasteiger partial charge on any atom is -0.465 e. The Morgan fingerprint density at radius 1 is 1.16 bits per heavy atom. The van der Waals surface area contributed by atoms with Gasteiger partial charge >= 0.3 is 11.9 Å². The van der Waals surface area contributed by atoms with Gasteiger partial charge in [0.2, 0.25) is 0 Å². The lowest BCUT2D eigenvalue weighted by atomic mass is 9.83. The minimum absolute atomic E-state index is 0.0255. The van der Waals surface area contributed by atoms with Crippen LogP contribution in [0.4, 0.5) is 0 Å². The molecule has 1 unspecified atom stereocenters. The molecule has 4 atom stereocenters. The Morgan fingerprint density at radius 2 is 1.80 bits per heavy atom. The van der Waals surface area contributed by atoms with E-state index in [0.717, 1.165) is 18.4 Å². The van der Waals surface area contributed by atoms with Gasteiger partial charge < -0.3 is 14.4 Å². The quantitative estimate of drug-likeness (QED) is 0.768. The van der Waals surface area contributed by atoms with Crippen LogP contribution < -0.4 is 0 Å². The first-order chi connectivity index (χ1) is 12.0. The number of carbonyl (C=O) groups is 2. The van der Waals surface area contributed by atoms with E-state index in [1.165, 1.54) is 26.2 Å². The van der Waals surface area contributed by atoms with Crippen molar-refractivity contribution < 1.29 is 19.1 Å². The number of piperidine rings is 2. The predicted octanol–water partition coefficient (Wildman–Crippen LogP) is 2.89. The average Bonchev–Trinajstić information content (AvgIpc) is 2.57. The molecule has 0 radical (unpaired) electrons. The second-order valence-electron chi connectivity index (χ2n) is 7.20. The highest BCUT2D eigenvalue weighted by molar-refractivity contribution is 5.79. The molecular weight excluding hydrogens is 318 g/mol. The standard InChI is InChI=1S/C20H27NO4/c1-14(22)24-13-19(15-7-4-3-5-8-15)20(23)25-18-11-16-9-6-10-17(12-18)21(16)2/h3-5,7-8,16-19H,6,9-13H2,1-2H3/t16-,17+,18?,19-/m1/s1. The van der Waals surface area contributed by atoms with Crippen molar-refractivity contribution in [3.05, 3.63) is 35.9 Å². The maximum absolute atomic E-state index is 12.8. The van der Waals surface area contributed by atoms with Crippen LogP contribution in [0.5, 0.6) is 0 Å². The maximum Gasteiger partial charge on any atom is 0.317 e. The highest BCUT2D eigenvalue weighted by Crippen LogP contribution is 2.34. The van der Waals surface area contributed by atoms with Crippen molar-refractivity contribution in [2.24, 2.45) is 0 Å². The third-order valence-electron chi connectivity index (χ3n) is 5.52. The average molecular weight is 345 g/mol. The van der Waals surface area contributed by atoms with Gasteiger partial charge in [0, 0.05) is 19.0 Å². The molecule has 5 nitrogen and oxygen atoms in total. The summed E-state index contributed by atoms with van der Waals surface area (Å²) in [6.45, 7) is 1.38. The van der Waals surface area contributed by atoms with E-state index in [2.05, 4.69) is 11.9 Å². The van der Waals surface area contributed by atoms with Crippen LogP contribution in [0.25, 0.3) is 0 Å². The Balaban J connectivity index is 1.67. The molecule has 3 rings (SSSR count). The Kier molecular flexibility index (Phi) is 5.74. The summed E-state index contributed by atoms with van der Waals surface area (Å²) < 4.78 is 11.0. The van der Waals surface area contributed by atoms with Crippen LogP contribution in [-0.4, -0.2) is 48.7 Å². The van der Waals surface area contributed by atoms with E-state index in [9.17, 15) is 9.59 Å². The number of fused-ring (bicyclic) bond motifs is 2. The molecule has 0 saturated carbocycles. The molecule has 2 aliphatic heterocycles. The summed E-state index contributed by atoms with van der Waals surface area (Å²) in [6, 6.07) is 10.4. The molecule has 5 heteroatoms. The van der Waals surface area contributed by atoms with Crippen LogP contribution in [0.3, 0.4) is 0 Å². The summed E-state index contributed by atoms with van der Waals surface area (Å²) in [5.74, 6) is -1.24. The van der Waals surface area contributed by atoms with Gasteiger partial charge in [0.15, 0.2) is 0 Å². The fraction of sp³-hybridized carbons (Fsp3) is 0.600. The maximum atomic E-state index is 12.8. The zero-order valence-electron chi connectivity index (χ0n) is 15.0. The van der Waals surface area contributed by atoms with E-state index in [1.54, 1.807) is 0 Å². The van der Waals surface area contributed by atoms with E-state index in [0.29, 0.717) is 12.1 Å². The summed E-state index contributed by atoms with van der Waals surface area (Å²) >= 11 is 0. The highest BCUT2D eigenvalue weighted by Gasteiger charge is 2.38. The van der Waals surface area contributed by atoms with E-state index >= 15 is 0 Å². The molecule has 25 heavy (non-hydrogen) atoms. The molecule has 2 saturated heterocycles. The molecule has 0 amide bonds. The third kappa shape index (κ3) is 4.40. The van der Waals surface area contributed by atoms with Gasteiger partial charge in [-0.3, -0.25) is 9.59 Å². The van der Waals surface area contributed by atoms with Crippen molar-refractivity contribution in [3.8, 4) is 0 Å². The van der Waals surface area contributed by atoms with Crippen molar-refractivity contribution in [1.29, 1.82) is 0 Å². The molecule has 1 aromatic rings. The fourth-order valence-corrected chi connectivity index (χ4v) is 4.09. The third-order valence-corrected chi connectivity index (χ3v) is 5.52. The first-order valence-electron chi connectivity index (χ1n) is 9.15. The smallest absolute Gasteiger partial charge is 0.317 e. The summed E-state index contributed by atoms with van der Waals surface area (Å²) in [5, 5.41) is 0. The summed E-state index contributed by atoms with van der Waals surface area (Å²) in [4.78, 5) is 26.4. The van der Waals surface area contributed by atoms with Crippen LogP contribution in [0.2, 0.25) is 0 Å². The Hall–Kier alpha value is -1.88. The normalized spacial score (nSPS) is 27.4. The molecule has 2 heterocycles. The van der Waals surface area contributed by atoms with Gasteiger partial charge in [-0.2, -0.15) is 0 Å². The van der Waals surface area contributed by atoms with Gasteiger partial charge in [0.25, 0.3) is 0 Å². The van der Waals surface area contributed by atoms with Crippen molar-refractivity contribution in [2.75, 3.05) is 13.7 Å². The lowest BCUT2D eigenvalue weighted by Crippen LogP contribution is -2.52. The van der Waals surface area contributed by atoms with Crippen LogP contribution in [-0.2, 0) is 19.1 Å². The van der Waals surface area contributed by atoms with Crippen molar-refractivity contribution in [1.82, 2.24) is 4.90 Å². The number of hydrogen-bond donors (Lipinski definition) is 0. The largest absolute Gasteiger partial charge is 0.465 e. The van der Waals surface area contributed by atoms with E-state index in [-0.39, 0.29) is 24.6 Å². The summed E-state index contributed by atoms with van der Waals surface area (Å²) in [7, 11) is 2.18. The summed E-state index contributed by atoms with van der Waals surface area (Å²) in [6.07, 6.45) is 5.37. The topological polar surface area (TPSA) is 55.8 Å². The predicted molar refractivity (Wildman–Crippen MR) is 94.1 cm³/mol. The molecular formula is C20H27NO4. The Labute approximate surface area is 149 Å². The molecule has 0 aromatic heterocycles. The second kappa shape index (κ2) is 8.00. The molecule has 2 fully saturated rings. The van der Waals surface area contributed by atoms with Crippen LogP contribution in [0.1, 0.15) is 50.5 Å². The first-order valence-corrected chi connectivity index (χ1v) is 9.15. The number of ether oxygens (including phenoxy) is 2. The number of hydrogen-bond acceptors (Lipinski definition) is 5. The molecule has 136 valence electrons. The molecule has 0 aliphatic carbocycles. The fourth-order valence-electron chi connectivity index (χ4n) is 4.09. The molecule has 2 aliphatic rings. The van der Waals surface area contributed by atoms with Gasteiger partial charge in [-0.05, 0) is 38.3 Å². The van der Waals surface area contributed by atoms with Gasteiger partial charge in [-0.1, -0.05) is 36.8 Å². The number of esters is 2. The Morgan fingerprint density at radius 3 is 2.40 bits per heavy atom. The molecule has 2 bridgehead atoms. The Bertz CT molecular complexity index is 589. The lowest BCUT2D eigenvalue weighted by Gasteiger charge is -2.46. The van der Waals surface area contributed by atoms with E-state index in [4.69, 9.17) is 9.47 Å². The number of benzene rings is 1. The second-order valence-corrected chi connectivity index (χ2v) is 7.20. The number of nitrogens with zero attached hydrogens (tertiary/aromatic N) is 1. The number of carbonyl (C=O) groups excluding carboxylic acids is 2. The van der Waals surface area contributed by atoms with Gasteiger partial charge in [-0.25, -0.2) is 0 Å². The minimum atomic E-state index is -0.565. The van der Waals surface area contributed by atoms with Gasteiger partial charge in [0.1, 0.15) is 18.6 Å². The highest BCUT2D eigenvalue weighted by atomic mass is 16.6. The van der Waals surface area contributed by atoms with Crippen LogP contribution >= 0.6 is 0 Å². The van der Waals surface area contributed by atoms with Crippen molar-refractivity contribution in [3.63, 3.8) is 0 Å². The first kappa shape index (κ1) is 17.9. The van der Waals surface area contributed by atoms with E-state index in [1.807, 2.05) is 30.3 Å². The SMILES string of the molecule is CC(=O)OC[C@@H](C(=O)OC1C[C@H]2CCC[C@@H](C1)N2C)c1ccccc1. The zero-order valence-corrected chi connectivity index (χ0v) is 15.0. The lowest BCUT2D eigenvalue weighted by molar-refractivity contribution is -0.159. The zero-order chi connectivity index (χ0) is 17.8. The molecule has 0 spiro atoms. The molecule has 0 N–H and O–H groups in total. The van der Waals surface area contributed by atoms with E-state index < -0.39 is 5.92 Å².